The highest BCUT2D eigenvalue weighted by atomic mass is 16.5. The fraction of sp³-hybridized carbons (Fsp3) is 0.400. The van der Waals surface area contributed by atoms with Crippen LogP contribution in [0.15, 0.2) is 28.7 Å². The first kappa shape index (κ1) is 15.0. The maximum atomic E-state index is 12.1. The van der Waals surface area contributed by atoms with Crippen LogP contribution in [0.25, 0.3) is 0 Å². The molecular weight excluding hydrogens is 270 g/mol. The van der Waals surface area contributed by atoms with Crippen molar-refractivity contribution in [1.82, 2.24) is 10.2 Å². The van der Waals surface area contributed by atoms with Gasteiger partial charge in [0.2, 0.25) is 5.89 Å². The van der Waals surface area contributed by atoms with E-state index in [0.29, 0.717) is 17.3 Å². The van der Waals surface area contributed by atoms with E-state index in [1.165, 1.54) is 0 Å². The van der Waals surface area contributed by atoms with Gasteiger partial charge in [0.25, 0.3) is 0 Å². The topological polar surface area (TPSA) is 77.2 Å². The number of hydrogen-bond acceptors (Lipinski definition) is 5. The van der Waals surface area contributed by atoms with Gasteiger partial charge in [0.05, 0.1) is 11.8 Å². The van der Waals surface area contributed by atoms with Gasteiger partial charge < -0.3 is 14.5 Å². The molecule has 0 aliphatic rings. The van der Waals surface area contributed by atoms with Crippen LogP contribution in [0.5, 0.6) is 5.75 Å². The van der Waals surface area contributed by atoms with E-state index in [0.717, 1.165) is 0 Å². The van der Waals surface area contributed by atoms with Crippen LogP contribution in [0.1, 0.15) is 50.2 Å². The number of benzene rings is 1. The average molecular weight is 289 g/mol. The summed E-state index contributed by atoms with van der Waals surface area (Å²) in [4.78, 5) is 12.1. The van der Waals surface area contributed by atoms with E-state index in [9.17, 15) is 4.79 Å². The first-order chi connectivity index (χ1) is 9.97. The minimum atomic E-state index is -0.450. The first-order valence-electron chi connectivity index (χ1n) is 6.87. The van der Waals surface area contributed by atoms with Crippen LogP contribution >= 0.6 is 0 Å². The molecular formula is C15H19N3O3. The third kappa shape index (κ3) is 3.81. The minimum Gasteiger partial charge on any atom is -0.489 e. The molecule has 0 atom stereocenters. The van der Waals surface area contributed by atoms with Gasteiger partial charge in [0, 0.05) is 5.92 Å². The number of nitrogens with zero attached hydrogens (tertiary/aromatic N) is 2. The number of amides is 1. The second kappa shape index (κ2) is 6.39. The van der Waals surface area contributed by atoms with Crippen molar-refractivity contribution in [3.63, 3.8) is 0 Å². The standard InChI is InChI=1S/C15H19N3O3/c1-9(2)14-17-18-15(21-14)13(19)16-11-7-5-6-8-12(11)20-10(3)4/h5-10H,1-4H3,(H,16,19). The molecule has 0 radical (unpaired) electrons. The maximum absolute atomic E-state index is 12.1. The lowest BCUT2D eigenvalue weighted by atomic mass is 10.2. The van der Waals surface area contributed by atoms with Crippen molar-refractivity contribution in [2.75, 3.05) is 5.32 Å². The van der Waals surface area contributed by atoms with Gasteiger partial charge in [-0.15, -0.1) is 10.2 Å². The molecule has 0 fully saturated rings. The fourth-order valence-electron chi connectivity index (χ4n) is 1.66. The third-order valence-electron chi connectivity index (χ3n) is 2.63. The zero-order chi connectivity index (χ0) is 15.4. The molecule has 0 saturated carbocycles. The molecule has 112 valence electrons. The normalized spacial score (nSPS) is 11.0. The molecule has 0 saturated heterocycles. The molecule has 6 heteroatoms. The van der Waals surface area contributed by atoms with Crippen LogP contribution in [0, 0.1) is 0 Å². The number of hydrogen-bond donors (Lipinski definition) is 1. The lowest BCUT2D eigenvalue weighted by Crippen LogP contribution is -2.14. The highest BCUT2D eigenvalue weighted by Crippen LogP contribution is 2.25. The van der Waals surface area contributed by atoms with Crippen molar-refractivity contribution < 1.29 is 13.9 Å². The van der Waals surface area contributed by atoms with E-state index >= 15 is 0 Å². The average Bonchev–Trinajstić information content (AvgIpc) is 2.90. The van der Waals surface area contributed by atoms with Gasteiger partial charge in [0.15, 0.2) is 0 Å². The summed E-state index contributed by atoms with van der Waals surface area (Å²) in [6.07, 6.45) is 0.0130. The van der Waals surface area contributed by atoms with E-state index in [4.69, 9.17) is 9.15 Å². The zero-order valence-electron chi connectivity index (χ0n) is 12.6. The summed E-state index contributed by atoms with van der Waals surface area (Å²) < 4.78 is 11.0. The molecule has 1 aromatic heterocycles. The number of rotatable bonds is 5. The predicted octanol–water partition coefficient (Wildman–Crippen LogP) is 3.23. The molecule has 2 aromatic rings. The van der Waals surface area contributed by atoms with E-state index < -0.39 is 5.91 Å². The summed E-state index contributed by atoms with van der Waals surface area (Å²) in [5.74, 6) is 0.610. The van der Waals surface area contributed by atoms with Gasteiger partial charge in [-0.3, -0.25) is 4.79 Å². The van der Waals surface area contributed by atoms with Gasteiger partial charge in [-0.1, -0.05) is 26.0 Å². The Bertz CT molecular complexity index is 620. The maximum Gasteiger partial charge on any atom is 0.313 e. The Balaban J connectivity index is 2.15. The number of anilines is 1. The summed E-state index contributed by atoms with van der Waals surface area (Å²) in [6.45, 7) is 7.68. The molecule has 1 N–H and O–H groups in total. The molecule has 0 aliphatic carbocycles. The second-order valence-electron chi connectivity index (χ2n) is 5.22. The highest BCUT2D eigenvalue weighted by Gasteiger charge is 2.18. The summed E-state index contributed by atoms with van der Waals surface area (Å²) >= 11 is 0. The van der Waals surface area contributed by atoms with E-state index in [1.54, 1.807) is 12.1 Å². The van der Waals surface area contributed by atoms with E-state index in [-0.39, 0.29) is 17.9 Å². The first-order valence-corrected chi connectivity index (χ1v) is 6.87. The molecule has 21 heavy (non-hydrogen) atoms. The number of nitrogens with one attached hydrogen (secondary N) is 1. The highest BCUT2D eigenvalue weighted by molar-refractivity contribution is 6.01. The van der Waals surface area contributed by atoms with Crippen LogP contribution < -0.4 is 10.1 Å². The third-order valence-corrected chi connectivity index (χ3v) is 2.63. The van der Waals surface area contributed by atoms with Gasteiger partial charge in [-0.05, 0) is 26.0 Å². The Labute approximate surface area is 123 Å². The van der Waals surface area contributed by atoms with Gasteiger partial charge in [-0.25, -0.2) is 0 Å². The smallest absolute Gasteiger partial charge is 0.313 e. The molecule has 0 aliphatic heterocycles. The van der Waals surface area contributed by atoms with Crippen molar-refractivity contribution in [3.8, 4) is 5.75 Å². The predicted molar refractivity (Wildman–Crippen MR) is 78.5 cm³/mol. The van der Waals surface area contributed by atoms with Crippen molar-refractivity contribution >= 4 is 11.6 Å². The SMILES string of the molecule is CC(C)Oc1ccccc1NC(=O)c1nnc(C(C)C)o1. The van der Waals surface area contributed by atoms with Crippen LogP contribution in [0.4, 0.5) is 5.69 Å². The summed E-state index contributed by atoms with van der Waals surface area (Å²) in [7, 11) is 0. The number of carbonyl (C=O) groups excluding carboxylic acids is 1. The lowest BCUT2D eigenvalue weighted by molar-refractivity contribution is 0.0987. The molecule has 0 bridgehead atoms. The van der Waals surface area contributed by atoms with Crippen molar-refractivity contribution in [2.24, 2.45) is 0 Å². The Morgan fingerprint density at radius 1 is 1.19 bits per heavy atom. The second-order valence-corrected chi connectivity index (χ2v) is 5.22. The Morgan fingerprint density at radius 3 is 2.52 bits per heavy atom. The van der Waals surface area contributed by atoms with Crippen molar-refractivity contribution in [2.45, 2.75) is 39.7 Å². The monoisotopic (exact) mass is 289 g/mol. The van der Waals surface area contributed by atoms with Gasteiger partial charge in [-0.2, -0.15) is 0 Å². The van der Waals surface area contributed by atoms with E-state index in [2.05, 4.69) is 15.5 Å². The van der Waals surface area contributed by atoms with Gasteiger partial charge >= 0.3 is 11.8 Å². The fourth-order valence-corrected chi connectivity index (χ4v) is 1.66. The largest absolute Gasteiger partial charge is 0.489 e. The van der Waals surface area contributed by atoms with Gasteiger partial charge in [0.1, 0.15) is 5.75 Å². The van der Waals surface area contributed by atoms with Crippen LogP contribution in [0.3, 0.4) is 0 Å². The summed E-state index contributed by atoms with van der Waals surface area (Å²) in [6, 6.07) is 7.21. The number of carbonyl (C=O) groups is 1. The Morgan fingerprint density at radius 2 is 1.90 bits per heavy atom. The Kier molecular flexibility index (Phi) is 4.57. The van der Waals surface area contributed by atoms with Crippen molar-refractivity contribution in [1.29, 1.82) is 0 Å². The summed E-state index contributed by atoms with van der Waals surface area (Å²) in [5, 5.41) is 10.3. The molecule has 0 unspecified atom stereocenters. The quantitative estimate of drug-likeness (QED) is 0.914. The molecule has 1 amide bonds. The molecule has 2 rings (SSSR count). The van der Waals surface area contributed by atoms with Crippen LogP contribution in [0.2, 0.25) is 0 Å². The number of para-hydroxylation sites is 2. The molecule has 0 spiro atoms. The molecule has 6 nitrogen and oxygen atoms in total. The number of ether oxygens (including phenoxy) is 1. The number of aromatic nitrogens is 2. The lowest BCUT2D eigenvalue weighted by Gasteiger charge is -2.13. The Hall–Kier alpha value is -2.37. The zero-order valence-corrected chi connectivity index (χ0v) is 12.6. The summed E-state index contributed by atoms with van der Waals surface area (Å²) in [5.41, 5.74) is 0.570. The van der Waals surface area contributed by atoms with E-state index in [1.807, 2.05) is 39.8 Å². The minimum absolute atomic E-state index is 0.0130. The molecule has 1 aromatic carbocycles. The molecule has 1 heterocycles. The van der Waals surface area contributed by atoms with Crippen molar-refractivity contribution in [3.05, 3.63) is 36.0 Å². The van der Waals surface area contributed by atoms with Crippen LogP contribution in [-0.4, -0.2) is 22.2 Å². The van der Waals surface area contributed by atoms with Crippen LogP contribution in [-0.2, 0) is 0 Å².